The van der Waals surface area contributed by atoms with Crippen molar-refractivity contribution < 1.29 is 0 Å². The summed E-state index contributed by atoms with van der Waals surface area (Å²) < 4.78 is 0. The Morgan fingerprint density at radius 3 is 3.00 bits per heavy atom. The Hall–Kier alpha value is -0.830. The van der Waals surface area contributed by atoms with Gasteiger partial charge in [0.2, 0.25) is 0 Å². The Labute approximate surface area is 85.1 Å². The molecule has 3 N–H and O–H groups in total. The zero-order chi connectivity index (χ0) is 9.97. The van der Waals surface area contributed by atoms with Gasteiger partial charge in [0.25, 0.3) is 0 Å². The summed E-state index contributed by atoms with van der Waals surface area (Å²) in [7, 11) is 0. The van der Waals surface area contributed by atoms with Gasteiger partial charge in [0.1, 0.15) is 5.82 Å². The van der Waals surface area contributed by atoms with E-state index in [-0.39, 0.29) is 6.04 Å². The van der Waals surface area contributed by atoms with Crippen molar-refractivity contribution in [3.63, 3.8) is 0 Å². The number of nitrogens with one attached hydrogen (secondary N) is 1. The van der Waals surface area contributed by atoms with Crippen LogP contribution in [0.3, 0.4) is 0 Å². The van der Waals surface area contributed by atoms with Crippen molar-refractivity contribution >= 4 is 0 Å². The summed E-state index contributed by atoms with van der Waals surface area (Å²) in [6.07, 6.45) is 8.02. The Morgan fingerprint density at radius 2 is 2.43 bits per heavy atom. The van der Waals surface area contributed by atoms with Gasteiger partial charge >= 0.3 is 0 Å². The first-order valence-corrected chi connectivity index (χ1v) is 5.55. The Morgan fingerprint density at radius 1 is 1.64 bits per heavy atom. The maximum absolute atomic E-state index is 5.70. The Kier molecular flexibility index (Phi) is 2.87. The predicted molar refractivity (Wildman–Crippen MR) is 57.2 cm³/mol. The molecule has 0 amide bonds. The van der Waals surface area contributed by atoms with Gasteiger partial charge in [0, 0.05) is 30.3 Å². The highest BCUT2D eigenvalue weighted by Crippen LogP contribution is 2.35. The summed E-state index contributed by atoms with van der Waals surface area (Å²) in [5.74, 6) is 1.86. The fourth-order valence-corrected chi connectivity index (χ4v) is 1.80. The van der Waals surface area contributed by atoms with Crippen LogP contribution in [0.1, 0.15) is 50.0 Å². The third-order valence-electron chi connectivity index (χ3n) is 3.03. The molecule has 2 rings (SSSR count). The first-order valence-electron chi connectivity index (χ1n) is 5.55. The number of aryl methyl sites for hydroxylation is 1. The van der Waals surface area contributed by atoms with Crippen LogP contribution in [0.25, 0.3) is 0 Å². The molecule has 14 heavy (non-hydrogen) atoms. The van der Waals surface area contributed by atoms with Crippen molar-refractivity contribution in [3.05, 3.63) is 17.7 Å². The van der Waals surface area contributed by atoms with Gasteiger partial charge in [-0.3, -0.25) is 0 Å². The molecule has 1 aliphatic rings. The van der Waals surface area contributed by atoms with Gasteiger partial charge in [0.15, 0.2) is 0 Å². The van der Waals surface area contributed by atoms with E-state index in [2.05, 4.69) is 9.97 Å². The number of imidazole rings is 1. The lowest BCUT2D eigenvalue weighted by atomic mass is 9.83. The highest BCUT2D eigenvalue weighted by Gasteiger charge is 2.21. The van der Waals surface area contributed by atoms with Crippen molar-refractivity contribution in [2.24, 2.45) is 5.73 Å². The van der Waals surface area contributed by atoms with Crippen LogP contribution in [-0.4, -0.2) is 16.0 Å². The predicted octanol–water partition coefficient (Wildman–Crippen LogP) is 1.96. The van der Waals surface area contributed by atoms with Crippen LogP contribution in [0.15, 0.2) is 6.20 Å². The molecule has 1 aromatic rings. The molecule has 0 spiro atoms. The quantitative estimate of drug-likeness (QED) is 0.768. The molecule has 0 radical (unpaired) electrons. The number of hydrogen-bond donors (Lipinski definition) is 2. The molecule has 1 atom stereocenters. The average Bonchev–Trinajstić information content (AvgIpc) is 2.46. The second-order valence-electron chi connectivity index (χ2n) is 4.43. The number of rotatable bonds is 4. The molecule has 0 aliphatic heterocycles. The molecule has 3 heteroatoms. The first-order chi connectivity index (χ1) is 6.75. The van der Waals surface area contributed by atoms with E-state index in [0.717, 1.165) is 24.6 Å². The maximum atomic E-state index is 5.70. The molecule has 1 unspecified atom stereocenters. The average molecular weight is 193 g/mol. The van der Waals surface area contributed by atoms with Crippen molar-refractivity contribution in [1.29, 1.82) is 0 Å². The zero-order valence-electron chi connectivity index (χ0n) is 8.79. The Bertz CT molecular complexity index is 286. The number of hydrogen-bond acceptors (Lipinski definition) is 2. The van der Waals surface area contributed by atoms with E-state index in [1.807, 2.05) is 13.1 Å². The number of nitrogens with two attached hydrogens (primary N) is 1. The van der Waals surface area contributed by atoms with Gasteiger partial charge in [-0.05, 0) is 26.2 Å². The number of H-pyrrole nitrogens is 1. The third kappa shape index (κ3) is 2.15. The smallest absolute Gasteiger partial charge is 0.106 e. The summed E-state index contributed by atoms with van der Waals surface area (Å²) in [6.45, 7) is 2.04. The van der Waals surface area contributed by atoms with Crippen molar-refractivity contribution in [1.82, 2.24) is 9.97 Å². The molecular formula is C11H19N3. The van der Waals surface area contributed by atoms with E-state index < -0.39 is 0 Å². The standard InChI is InChI=1S/C11H19N3/c1-8(12)5-6-11-13-7-10(14-11)9-3-2-4-9/h7-9H,2-6,12H2,1H3,(H,13,14). The highest BCUT2D eigenvalue weighted by molar-refractivity contribution is 5.10. The van der Waals surface area contributed by atoms with Gasteiger partial charge in [-0.25, -0.2) is 4.98 Å². The van der Waals surface area contributed by atoms with E-state index in [4.69, 9.17) is 5.73 Å². The van der Waals surface area contributed by atoms with Gasteiger partial charge < -0.3 is 10.7 Å². The molecule has 0 aromatic carbocycles. The van der Waals surface area contributed by atoms with Gasteiger partial charge in [-0.1, -0.05) is 6.42 Å². The lowest BCUT2D eigenvalue weighted by Gasteiger charge is -2.23. The molecule has 1 saturated carbocycles. The normalized spacial score (nSPS) is 19.3. The molecule has 1 fully saturated rings. The van der Waals surface area contributed by atoms with Crippen LogP contribution >= 0.6 is 0 Å². The highest BCUT2D eigenvalue weighted by atomic mass is 14.9. The van der Waals surface area contributed by atoms with E-state index in [0.29, 0.717) is 0 Å². The molecule has 1 aromatic heterocycles. The van der Waals surface area contributed by atoms with E-state index >= 15 is 0 Å². The Balaban J connectivity index is 1.89. The van der Waals surface area contributed by atoms with Crippen LogP contribution in [0.2, 0.25) is 0 Å². The van der Waals surface area contributed by atoms with Crippen LogP contribution in [-0.2, 0) is 6.42 Å². The SMILES string of the molecule is CC(N)CCc1ncc(C2CCC2)[nH]1. The minimum Gasteiger partial charge on any atom is -0.346 e. The summed E-state index contributed by atoms with van der Waals surface area (Å²) in [5.41, 5.74) is 7.03. The fraction of sp³-hybridized carbons (Fsp3) is 0.727. The molecule has 0 saturated heterocycles. The zero-order valence-corrected chi connectivity index (χ0v) is 8.79. The van der Waals surface area contributed by atoms with Crippen LogP contribution in [0.5, 0.6) is 0 Å². The fourth-order valence-electron chi connectivity index (χ4n) is 1.80. The molecule has 0 bridgehead atoms. The van der Waals surface area contributed by atoms with Gasteiger partial charge in [-0.2, -0.15) is 0 Å². The van der Waals surface area contributed by atoms with E-state index in [9.17, 15) is 0 Å². The second-order valence-corrected chi connectivity index (χ2v) is 4.43. The summed E-state index contributed by atoms with van der Waals surface area (Å²) in [6, 6.07) is 0.271. The van der Waals surface area contributed by atoms with Crippen molar-refractivity contribution in [2.45, 2.75) is 51.0 Å². The van der Waals surface area contributed by atoms with Crippen LogP contribution in [0.4, 0.5) is 0 Å². The lowest BCUT2D eigenvalue weighted by Crippen LogP contribution is -2.15. The van der Waals surface area contributed by atoms with E-state index in [1.165, 1.54) is 25.0 Å². The van der Waals surface area contributed by atoms with Crippen molar-refractivity contribution in [3.8, 4) is 0 Å². The largest absolute Gasteiger partial charge is 0.346 e. The third-order valence-corrected chi connectivity index (χ3v) is 3.03. The second kappa shape index (κ2) is 4.13. The molecule has 3 nitrogen and oxygen atoms in total. The molecular weight excluding hydrogens is 174 g/mol. The molecule has 78 valence electrons. The summed E-state index contributed by atoms with van der Waals surface area (Å²) in [5, 5.41) is 0. The topological polar surface area (TPSA) is 54.7 Å². The maximum Gasteiger partial charge on any atom is 0.106 e. The van der Waals surface area contributed by atoms with Crippen LogP contribution < -0.4 is 5.73 Å². The molecule has 1 aliphatic carbocycles. The molecule has 1 heterocycles. The minimum atomic E-state index is 0.271. The monoisotopic (exact) mass is 193 g/mol. The summed E-state index contributed by atoms with van der Waals surface area (Å²) in [4.78, 5) is 7.78. The summed E-state index contributed by atoms with van der Waals surface area (Å²) >= 11 is 0. The van der Waals surface area contributed by atoms with Crippen LogP contribution in [0, 0.1) is 0 Å². The van der Waals surface area contributed by atoms with Gasteiger partial charge in [0.05, 0.1) is 0 Å². The first kappa shape index (κ1) is 9.71. The number of nitrogens with zero attached hydrogens (tertiary/aromatic N) is 1. The number of aromatic amines is 1. The lowest BCUT2D eigenvalue weighted by molar-refractivity contribution is 0.412. The number of aromatic nitrogens is 2. The van der Waals surface area contributed by atoms with E-state index in [1.54, 1.807) is 0 Å². The minimum absolute atomic E-state index is 0.271. The van der Waals surface area contributed by atoms with Gasteiger partial charge in [-0.15, -0.1) is 0 Å². The van der Waals surface area contributed by atoms with Crippen molar-refractivity contribution in [2.75, 3.05) is 0 Å².